The molecule has 2 saturated heterocycles. The average Bonchev–Trinajstić information content (AvgIpc) is 3.24. The first kappa shape index (κ1) is 16.7. The lowest BCUT2D eigenvalue weighted by molar-refractivity contribution is 0.122. The van der Waals surface area contributed by atoms with Gasteiger partial charge in [-0.1, -0.05) is 0 Å². The summed E-state index contributed by atoms with van der Waals surface area (Å²) in [6, 6.07) is 2.11. The van der Waals surface area contributed by atoms with Crippen molar-refractivity contribution in [3.63, 3.8) is 0 Å². The second kappa shape index (κ2) is 7.26. The molecule has 2 aliphatic heterocycles. The van der Waals surface area contributed by atoms with Gasteiger partial charge in [-0.3, -0.25) is 0 Å². The molecule has 0 radical (unpaired) electrons. The minimum Gasteiger partial charge on any atom is -0.378 e. The molecule has 0 aromatic carbocycles. The molecule has 0 bridgehead atoms. The molecule has 142 valence electrons. The topological polar surface area (TPSA) is 70.5 Å². The molecule has 0 N–H and O–H groups in total. The first-order valence-electron chi connectivity index (χ1n) is 9.86. The summed E-state index contributed by atoms with van der Waals surface area (Å²) in [5, 5.41) is 0. The molecule has 1 aliphatic carbocycles. The number of aromatic nitrogens is 4. The molecule has 27 heavy (non-hydrogen) atoms. The molecular formula is C19H25N7O. The van der Waals surface area contributed by atoms with Crippen molar-refractivity contribution < 1.29 is 4.74 Å². The van der Waals surface area contributed by atoms with Crippen LogP contribution in [0.4, 0.5) is 17.5 Å². The van der Waals surface area contributed by atoms with Crippen molar-refractivity contribution in [1.82, 2.24) is 19.9 Å². The Morgan fingerprint density at radius 3 is 2.15 bits per heavy atom. The third kappa shape index (κ3) is 3.29. The van der Waals surface area contributed by atoms with E-state index in [1.165, 1.54) is 17.7 Å². The SMILES string of the molecule is c1nc(N2CCOCC2)cc(N2CCN(c3ncnc4c3CCC4)CC2)n1. The van der Waals surface area contributed by atoms with Gasteiger partial charge in [0.05, 0.1) is 13.2 Å². The second-order valence-corrected chi connectivity index (χ2v) is 7.28. The lowest BCUT2D eigenvalue weighted by atomic mass is 10.2. The maximum Gasteiger partial charge on any atom is 0.135 e. The van der Waals surface area contributed by atoms with Gasteiger partial charge in [-0.15, -0.1) is 0 Å². The molecule has 5 rings (SSSR count). The fourth-order valence-electron chi connectivity index (χ4n) is 4.24. The predicted molar refractivity (Wildman–Crippen MR) is 104 cm³/mol. The minimum absolute atomic E-state index is 0.765. The van der Waals surface area contributed by atoms with Crippen LogP contribution in [0.2, 0.25) is 0 Å². The Bertz CT molecular complexity index is 800. The molecule has 2 fully saturated rings. The largest absolute Gasteiger partial charge is 0.378 e. The van der Waals surface area contributed by atoms with E-state index in [1.54, 1.807) is 12.7 Å². The predicted octanol–water partition coefficient (Wildman–Crippen LogP) is 0.918. The van der Waals surface area contributed by atoms with E-state index in [-0.39, 0.29) is 0 Å². The van der Waals surface area contributed by atoms with Crippen LogP contribution in [0.5, 0.6) is 0 Å². The molecule has 3 aliphatic rings. The zero-order chi connectivity index (χ0) is 18.1. The smallest absolute Gasteiger partial charge is 0.135 e. The van der Waals surface area contributed by atoms with Gasteiger partial charge in [-0.25, -0.2) is 19.9 Å². The van der Waals surface area contributed by atoms with Crippen molar-refractivity contribution in [2.45, 2.75) is 19.3 Å². The lowest BCUT2D eigenvalue weighted by Gasteiger charge is -2.37. The highest BCUT2D eigenvalue weighted by Crippen LogP contribution is 2.29. The minimum atomic E-state index is 0.765. The summed E-state index contributed by atoms with van der Waals surface area (Å²) < 4.78 is 5.44. The zero-order valence-electron chi connectivity index (χ0n) is 15.5. The Balaban J connectivity index is 1.28. The zero-order valence-corrected chi connectivity index (χ0v) is 15.5. The van der Waals surface area contributed by atoms with Gasteiger partial charge in [-0.2, -0.15) is 0 Å². The van der Waals surface area contributed by atoms with E-state index in [9.17, 15) is 0 Å². The van der Waals surface area contributed by atoms with Crippen LogP contribution in [-0.2, 0) is 17.6 Å². The van der Waals surface area contributed by atoms with Crippen LogP contribution in [0, 0.1) is 0 Å². The molecule has 0 amide bonds. The van der Waals surface area contributed by atoms with Gasteiger partial charge >= 0.3 is 0 Å². The summed E-state index contributed by atoms with van der Waals surface area (Å²) in [4.78, 5) is 25.1. The van der Waals surface area contributed by atoms with Crippen molar-refractivity contribution in [2.75, 3.05) is 67.2 Å². The Labute approximate surface area is 159 Å². The summed E-state index contributed by atoms with van der Waals surface area (Å²) in [6.45, 7) is 7.12. The van der Waals surface area contributed by atoms with E-state index in [0.717, 1.165) is 82.8 Å². The van der Waals surface area contributed by atoms with Crippen LogP contribution >= 0.6 is 0 Å². The van der Waals surface area contributed by atoms with Gasteiger partial charge < -0.3 is 19.4 Å². The fourth-order valence-corrected chi connectivity index (χ4v) is 4.24. The molecule has 2 aromatic heterocycles. The highest BCUT2D eigenvalue weighted by molar-refractivity contribution is 5.54. The Kier molecular flexibility index (Phi) is 4.49. The average molecular weight is 367 g/mol. The quantitative estimate of drug-likeness (QED) is 0.793. The fraction of sp³-hybridized carbons (Fsp3) is 0.579. The number of piperazine rings is 1. The third-order valence-corrected chi connectivity index (χ3v) is 5.73. The second-order valence-electron chi connectivity index (χ2n) is 7.28. The molecule has 8 heteroatoms. The summed E-state index contributed by atoms with van der Waals surface area (Å²) in [6.07, 6.45) is 6.82. The molecule has 4 heterocycles. The van der Waals surface area contributed by atoms with E-state index in [1.807, 2.05) is 0 Å². The molecule has 8 nitrogen and oxygen atoms in total. The van der Waals surface area contributed by atoms with Crippen molar-refractivity contribution in [2.24, 2.45) is 0 Å². The molecule has 0 saturated carbocycles. The maximum atomic E-state index is 5.44. The first-order valence-corrected chi connectivity index (χ1v) is 9.86. The van der Waals surface area contributed by atoms with Crippen molar-refractivity contribution in [3.8, 4) is 0 Å². The van der Waals surface area contributed by atoms with Crippen molar-refractivity contribution >= 4 is 17.5 Å². The Morgan fingerprint density at radius 2 is 1.37 bits per heavy atom. The van der Waals surface area contributed by atoms with E-state index >= 15 is 0 Å². The number of nitrogens with zero attached hydrogens (tertiary/aromatic N) is 7. The van der Waals surface area contributed by atoms with Gasteiger partial charge in [0.2, 0.25) is 0 Å². The summed E-state index contributed by atoms with van der Waals surface area (Å²) in [5.74, 6) is 3.16. The maximum absolute atomic E-state index is 5.44. The third-order valence-electron chi connectivity index (χ3n) is 5.73. The van der Waals surface area contributed by atoms with E-state index in [2.05, 4.69) is 40.7 Å². The van der Waals surface area contributed by atoms with Gasteiger partial charge in [0.25, 0.3) is 0 Å². The van der Waals surface area contributed by atoms with E-state index in [0.29, 0.717) is 0 Å². The van der Waals surface area contributed by atoms with Gasteiger partial charge in [-0.05, 0) is 19.3 Å². The Hall–Kier alpha value is -2.48. The van der Waals surface area contributed by atoms with Gasteiger partial charge in [0, 0.05) is 56.6 Å². The van der Waals surface area contributed by atoms with Gasteiger partial charge in [0.1, 0.15) is 30.1 Å². The highest BCUT2D eigenvalue weighted by atomic mass is 16.5. The number of morpholine rings is 1. The van der Waals surface area contributed by atoms with Crippen molar-refractivity contribution in [1.29, 1.82) is 0 Å². The van der Waals surface area contributed by atoms with Crippen LogP contribution in [0.1, 0.15) is 17.7 Å². The number of rotatable bonds is 3. The number of anilines is 3. The summed E-state index contributed by atoms with van der Waals surface area (Å²) >= 11 is 0. The van der Waals surface area contributed by atoms with Gasteiger partial charge in [0.15, 0.2) is 0 Å². The van der Waals surface area contributed by atoms with Crippen LogP contribution < -0.4 is 14.7 Å². The molecule has 0 unspecified atom stereocenters. The first-order chi connectivity index (χ1) is 13.4. The van der Waals surface area contributed by atoms with Crippen LogP contribution in [0.25, 0.3) is 0 Å². The van der Waals surface area contributed by atoms with Crippen LogP contribution in [-0.4, -0.2) is 72.4 Å². The monoisotopic (exact) mass is 367 g/mol. The number of aryl methyl sites for hydroxylation is 1. The number of fused-ring (bicyclic) bond motifs is 1. The highest BCUT2D eigenvalue weighted by Gasteiger charge is 2.25. The van der Waals surface area contributed by atoms with E-state index in [4.69, 9.17) is 4.74 Å². The number of hydrogen-bond acceptors (Lipinski definition) is 8. The van der Waals surface area contributed by atoms with Crippen LogP contribution in [0.15, 0.2) is 18.7 Å². The van der Waals surface area contributed by atoms with Crippen molar-refractivity contribution in [3.05, 3.63) is 30.0 Å². The molecule has 2 aromatic rings. The standard InChI is InChI=1S/C19H25N7O/c1-2-15-16(3-1)20-13-23-19(15)26-6-4-24(5-7-26)17-12-18(22-14-21-17)25-8-10-27-11-9-25/h12-14H,1-11H2. The number of ether oxygens (including phenoxy) is 1. The molecule has 0 spiro atoms. The van der Waals surface area contributed by atoms with E-state index < -0.39 is 0 Å². The normalized spacial score (nSPS) is 20.1. The van der Waals surface area contributed by atoms with Crippen LogP contribution in [0.3, 0.4) is 0 Å². The summed E-state index contributed by atoms with van der Waals surface area (Å²) in [5.41, 5.74) is 2.61. The Morgan fingerprint density at radius 1 is 0.704 bits per heavy atom. The molecular weight excluding hydrogens is 342 g/mol. The lowest BCUT2D eigenvalue weighted by Crippen LogP contribution is -2.47. The molecule has 0 atom stereocenters. The number of hydrogen-bond donors (Lipinski definition) is 0. The summed E-state index contributed by atoms with van der Waals surface area (Å²) in [7, 11) is 0.